The highest BCUT2D eigenvalue weighted by atomic mass is 16.4. The number of nitrogens with one attached hydrogen (secondary N) is 2. The summed E-state index contributed by atoms with van der Waals surface area (Å²) in [5.41, 5.74) is -1.22. The molecule has 0 saturated heterocycles. The second kappa shape index (κ2) is 4.78. The molecule has 2 amide bonds. The Bertz CT molecular complexity index is 334. The van der Waals surface area contributed by atoms with Gasteiger partial charge in [-0.15, -0.1) is 0 Å². The monoisotopic (exact) mass is 254 g/mol. The molecule has 2 fully saturated rings. The van der Waals surface area contributed by atoms with Gasteiger partial charge in [-0.1, -0.05) is 0 Å². The number of carbonyl (C=O) groups excluding carboxylic acids is 1. The average Bonchev–Trinajstić information content (AvgIpc) is 3.12. The zero-order valence-corrected chi connectivity index (χ0v) is 11.0. The molecule has 0 heterocycles. The summed E-state index contributed by atoms with van der Waals surface area (Å²) in [5.74, 6) is 1.14. The number of aliphatic carboxylic acids is 1. The predicted molar refractivity (Wildman–Crippen MR) is 67.2 cm³/mol. The molecule has 3 N–H and O–H groups in total. The molecule has 0 aliphatic heterocycles. The summed E-state index contributed by atoms with van der Waals surface area (Å²) < 4.78 is 0. The fraction of sp³-hybridized carbons (Fsp3) is 0.846. The van der Waals surface area contributed by atoms with Crippen LogP contribution in [0.25, 0.3) is 0 Å². The van der Waals surface area contributed by atoms with E-state index in [1.165, 1.54) is 39.5 Å². The minimum absolute atomic E-state index is 0.381. The van der Waals surface area contributed by atoms with Gasteiger partial charge in [-0.2, -0.15) is 0 Å². The summed E-state index contributed by atoms with van der Waals surface area (Å²) in [7, 11) is 0. The predicted octanol–water partition coefficient (Wildman–Crippen LogP) is 1.58. The molecule has 2 aliphatic carbocycles. The highest BCUT2D eigenvalue weighted by Crippen LogP contribution is 2.48. The molecule has 5 nitrogen and oxygen atoms in total. The Labute approximate surface area is 107 Å². The zero-order chi connectivity index (χ0) is 13.3. The van der Waals surface area contributed by atoms with Crippen LogP contribution in [0.1, 0.15) is 39.5 Å². The smallest absolute Gasteiger partial charge is 0.328 e. The fourth-order valence-corrected chi connectivity index (χ4v) is 2.36. The third-order valence-electron chi connectivity index (χ3n) is 3.91. The lowest BCUT2D eigenvalue weighted by Crippen LogP contribution is -2.53. The zero-order valence-electron chi connectivity index (χ0n) is 11.0. The lowest BCUT2D eigenvalue weighted by atomic mass is 9.98. The molecule has 0 atom stereocenters. The minimum Gasteiger partial charge on any atom is -0.480 e. The maximum atomic E-state index is 11.7. The van der Waals surface area contributed by atoms with E-state index in [2.05, 4.69) is 10.6 Å². The third kappa shape index (κ3) is 3.37. The molecular formula is C13H22N2O3. The van der Waals surface area contributed by atoms with Crippen LogP contribution in [-0.2, 0) is 4.79 Å². The molecule has 2 saturated carbocycles. The van der Waals surface area contributed by atoms with Gasteiger partial charge in [-0.25, -0.2) is 9.59 Å². The molecule has 0 radical (unpaired) electrons. The minimum atomic E-state index is -1.22. The molecule has 2 rings (SSSR count). The van der Waals surface area contributed by atoms with Gasteiger partial charge in [-0.05, 0) is 57.3 Å². The van der Waals surface area contributed by atoms with E-state index in [1.807, 2.05) is 0 Å². The van der Waals surface area contributed by atoms with Crippen molar-refractivity contribution in [3.8, 4) is 0 Å². The molecule has 0 aromatic carbocycles. The van der Waals surface area contributed by atoms with Crippen LogP contribution in [0.4, 0.5) is 4.79 Å². The Morgan fingerprint density at radius 3 is 2.11 bits per heavy atom. The number of hydrogen-bond acceptors (Lipinski definition) is 2. The molecule has 0 aromatic rings. The number of rotatable bonds is 6. The van der Waals surface area contributed by atoms with E-state index in [-0.39, 0.29) is 6.03 Å². The number of urea groups is 1. The quantitative estimate of drug-likeness (QED) is 0.673. The van der Waals surface area contributed by atoms with Crippen LogP contribution in [0.2, 0.25) is 0 Å². The summed E-state index contributed by atoms with van der Waals surface area (Å²) in [6.07, 6.45) is 5.13. The first-order valence-corrected chi connectivity index (χ1v) is 6.69. The van der Waals surface area contributed by atoms with Crippen molar-refractivity contribution < 1.29 is 14.7 Å². The maximum absolute atomic E-state index is 11.7. The highest BCUT2D eigenvalue weighted by molar-refractivity contribution is 5.85. The largest absolute Gasteiger partial charge is 0.480 e. The van der Waals surface area contributed by atoms with E-state index in [0.717, 1.165) is 11.8 Å². The van der Waals surface area contributed by atoms with Crippen molar-refractivity contribution in [2.24, 2.45) is 17.8 Å². The van der Waals surface area contributed by atoms with E-state index in [1.54, 1.807) is 0 Å². The first-order valence-electron chi connectivity index (χ1n) is 6.69. The Balaban J connectivity index is 1.75. The Hall–Kier alpha value is -1.26. The molecule has 0 aromatic heterocycles. The SMILES string of the molecule is CC(C)(NC(=O)NCC(C1CC1)C1CC1)C(=O)O. The Kier molecular flexibility index (Phi) is 3.50. The van der Waals surface area contributed by atoms with Gasteiger partial charge in [0, 0.05) is 6.54 Å². The summed E-state index contributed by atoms with van der Waals surface area (Å²) in [6, 6.07) is -0.381. The van der Waals surface area contributed by atoms with Gasteiger partial charge in [0.15, 0.2) is 0 Å². The van der Waals surface area contributed by atoms with Crippen LogP contribution in [0.15, 0.2) is 0 Å². The van der Waals surface area contributed by atoms with E-state index >= 15 is 0 Å². The molecule has 5 heteroatoms. The summed E-state index contributed by atoms with van der Waals surface area (Å²) in [4.78, 5) is 22.6. The number of carboxylic acid groups (broad SMARTS) is 1. The Morgan fingerprint density at radius 1 is 1.22 bits per heavy atom. The first kappa shape index (κ1) is 13.2. The molecule has 0 bridgehead atoms. The van der Waals surface area contributed by atoms with Crippen molar-refractivity contribution in [2.45, 2.75) is 45.1 Å². The van der Waals surface area contributed by atoms with Crippen molar-refractivity contribution in [3.05, 3.63) is 0 Å². The van der Waals surface area contributed by atoms with Crippen LogP contribution in [0.3, 0.4) is 0 Å². The van der Waals surface area contributed by atoms with Crippen molar-refractivity contribution in [1.29, 1.82) is 0 Å². The van der Waals surface area contributed by atoms with Gasteiger partial charge in [0.05, 0.1) is 0 Å². The standard InChI is InChI=1S/C13H22N2O3/c1-13(2,11(16)17)15-12(18)14-7-10(8-3-4-8)9-5-6-9/h8-10H,3-7H2,1-2H3,(H,16,17)(H2,14,15,18). The summed E-state index contributed by atoms with van der Waals surface area (Å²) in [6.45, 7) is 3.64. The highest BCUT2D eigenvalue weighted by Gasteiger charge is 2.41. The summed E-state index contributed by atoms with van der Waals surface area (Å²) in [5, 5.41) is 14.2. The fourth-order valence-electron chi connectivity index (χ4n) is 2.36. The Morgan fingerprint density at radius 2 is 1.72 bits per heavy atom. The second-order valence-corrected chi connectivity index (χ2v) is 6.10. The van der Waals surface area contributed by atoms with Gasteiger partial charge >= 0.3 is 12.0 Å². The van der Waals surface area contributed by atoms with Crippen LogP contribution in [-0.4, -0.2) is 29.2 Å². The van der Waals surface area contributed by atoms with E-state index in [0.29, 0.717) is 12.5 Å². The first-order chi connectivity index (χ1) is 8.40. The van der Waals surface area contributed by atoms with Gasteiger partial charge < -0.3 is 15.7 Å². The van der Waals surface area contributed by atoms with Crippen LogP contribution < -0.4 is 10.6 Å². The molecule has 18 heavy (non-hydrogen) atoms. The van der Waals surface area contributed by atoms with Crippen molar-refractivity contribution in [2.75, 3.05) is 6.54 Å². The third-order valence-corrected chi connectivity index (χ3v) is 3.91. The van der Waals surface area contributed by atoms with E-state index in [4.69, 9.17) is 5.11 Å². The van der Waals surface area contributed by atoms with Gasteiger partial charge in [0.2, 0.25) is 0 Å². The normalized spacial score (nSPS) is 19.7. The van der Waals surface area contributed by atoms with Crippen molar-refractivity contribution in [3.63, 3.8) is 0 Å². The number of carbonyl (C=O) groups is 2. The maximum Gasteiger partial charge on any atom is 0.328 e. The van der Waals surface area contributed by atoms with Gasteiger partial charge in [0.25, 0.3) is 0 Å². The summed E-state index contributed by atoms with van der Waals surface area (Å²) >= 11 is 0. The van der Waals surface area contributed by atoms with Crippen LogP contribution in [0, 0.1) is 17.8 Å². The van der Waals surface area contributed by atoms with Crippen molar-refractivity contribution in [1.82, 2.24) is 10.6 Å². The lowest BCUT2D eigenvalue weighted by molar-refractivity contribution is -0.142. The number of amides is 2. The average molecular weight is 254 g/mol. The van der Waals surface area contributed by atoms with Crippen LogP contribution >= 0.6 is 0 Å². The lowest BCUT2D eigenvalue weighted by Gasteiger charge is -2.23. The van der Waals surface area contributed by atoms with E-state index < -0.39 is 11.5 Å². The van der Waals surface area contributed by atoms with Gasteiger partial charge in [-0.3, -0.25) is 0 Å². The molecule has 102 valence electrons. The van der Waals surface area contributed by atoms with Crippen molar-refractivity contribution >= 4 is 12.0 Å². The number of carboxylic acids is 1. The topological polar surface area (TPSA) is 78.4 Å². The molecule has 0 unspecified atom stereocenters. The molecular weight excluding hydrogens is 232 g/mol. The molecule has 0 spiro atoms. The number of hydrogen-bond donors (Lipinski definition) is 3. The second-order valence-electron chi connectivity index (χ2n) is 6.10. The van der Waals surface area contributed by atoms with Crippen LogP contribution in [0.5, 0.6) is 0 Å². The molecule has 2 aliphatic rings. The van der Waals surface area contributed by atoms with Gasteiger partial charge in [0.1, 0.15) is 5.54 Å². The van der Waals surface area contributed by atoms with E-state index in [9.17, 15) is 9.59 Å².